The molecule has 0 unspecified atom stereocenters. The summed E-state index contributed by atoms with van der Waals surface area (Å²) >= 11 is 0. The van der Waals surface area contributed by atoms with Crippen molar-refractivity contribution in [1.82, 2.24) is 25.6 Å². The van der Waals surface area contributed by atoms with Crippen LogP contribution >= 0.6 is 0 Å². The quantitative estimate of drug-likeness (QED) is 0.582. The van der Waals surface area contributed by atoms with Crippen LogP contribution in [-0.4, -0.2) is 26.2 Å². The van der Waals surface area contributed by atoms with Gasteiger partial charge in [-0.05, 0) is 24.3 Å². The predicted molar refractivity (Wildman–Crippen MR) is 87.6 cm³/mol. The number of hydrogen-bond donors (Lipinski definition) is 1. The monoisotopic (exact) mass is 351 g/mol. The molecule has 1 N–H and O–H groups in total. The molecule has 1 amide bonds. The molecule has 0 spiro atoms. The molecule has 26 heavy (non-hydrogen) atoms. The minimum absolute atomic E-state index is 0.120. The highest BCUT2D eigenvalue weighted by atomic mass is 16.5. The molecule has 0 atom stereocenters. The number of carbonyl (C=O) groups is 1. The van der Waals surface area contributed by atoms with Gasteiger partial charge in [0.1, 0.15) is 0 Å². The van der Waals surface area contributed by atoms with E-state index in [9.17, 15) is 4.79 Å². The molecule has 0 saturated heterocycles. The van der Waals surface area contributed by atoms with Gasteiger partial charge in [0.05, 0.1) is 12.8 Å². The lowest BCUT2D eigenvalue weighted by molar-refractivity contribution is 0.0949. The Balaban J connectivity index is 1.44. The second kappa shape index (κ2) is 6.63. The normalized spacial score (nSPS) is 10.8. The lowest BCUT2D eigenvalue weighted by Gasteiger charge is -2.03. The summed E-state index contributed by atoms with van der Waals surface area (Å²) < 4.78 is 15.2. The third-order valence-corrected chi connectivity index (χ3v) is 3.52. The number of carbonyl (C=O) groups excluding carboxylic acids is 1. The molecule has 0 aliphatic rings. The number of furan rings is 1. The zero-order valence-electron chi connectivity index (χ0n) is 13.7. The Labute approximate surface area is 147 Å². The van der Waals surface area contributed by atoms with E-state index in [0.29, 0.717) is 34.4 Å². The van der Waals surface area contributed by atoms with E-state index in [0.717, 1.165) is 0 Å². The van der Waals surface area contributed by atoms with Gasteiger partial charge in [-0.3, -0.25) is 4.79 Å². The smallest absolute Gasteiger partial charge is 0.293 e. The maximum atomic E-state index is 12.4. The Kier molecular flexibility index (Phi) is 4.02. The number of nitrogens with one attached hydrogen (secondary N) is 1. The molecule has 0 bridgehead atoms. The summed E-state index contributed by atoms with van der Waals surface area (Å²) in [5, 5.41) is 10.4. The van der Waals surface area contributed by atoms with Crippen molar-refractivity contribution in [3.63, 3.8) is 0 Å². The minimum atomic E-state index is -0.281. The first-order chi connectivity index (χ1) is 12.7. The van der Waals surface area contributed by atoms with Crippen LogP contribution in [0.15, 0.2) is 56.1 Å². The Morgan fingerprint density at radius 1 is 1.12 bits per heavy atom. The van der Waals surface area contributed by atoms with Crippen LogP contribution in [0.25, 0.3) is 23.0 Å². The second-order valence-corrected chi connectivity index (χ2v) is 5.39. The molecule has 0 fully saturated rings. The van der Waals surface area contributed by atoms with Gasteiger partial charge >= 0.3 is 0 Å². The number of hydrogen-bond acceptors (Lipinski definition) is 8. The molecule has 0 saturated carbocycles. The molecule has 1 aromatic carbocycles. The van der Waals surface area contributed by atoms with Crippen LogP contribution in [-0.2, 0) is 6.54 Å². The minimum Gasteiger partial charge on any atom is -0.459 e. The molecule has 3 aromatic heterocycles. The van der Waals surface area contributed by atoms with Crippen LogP contribution in [0.2, 0.25) is 0 Å². The van der Waals surface area contributed by atoms with Gasteiger partial charge in [-0.2, -0.15) is 9.97 Å². The number of amides is 1. The van der Waals surface area contributed by atoms with E-state index in [2.05, 4.69) is 25.6 Å². The van der Waals surface area contributed by atoms with E-state index in [1.807, 2.05) is 0 Å². The Hall–Kier alpha value is -3.75. The van der Waals surface area contributed by atoms with Crippen molar-refractivity contribution in [1.29, 1.82) is 0 Å². The third-order valence-electron chi connectivity index (χ3n) is 3.52. The van der Waals surface area contributed by atoms with Crippen molar-refractivity contribution in [2.24, 2.45) is 0 Å². The van der Waals surface area contributed by atoms with Gasteiger partial charge in [-0.1, -0.05) is 22.4 Å². The van der Waals surface area contributed by atoms with Crippen molar-refractivity contribution >= 4 is 5.91 Å². The molecule has 0 radical (unpaired) electrons. The van der Waals surface area contributed by atoms with Crippen LogP contribution in [0.1, 0.15) is 22.1 Å². The maximum Gasteiger partial charge on any atom is 0.293 e. The van der Waals surface area contributed by atoms with E-state index in [1.165, 1.54) is 6.26 Å². The van der Waals surface area contributed by atoms with Gasteiger partial charge in [0, 0.05) is 18.1 Å². The number of aromatic nitrogens is 4. The standard InChI is InChI=1S/C17H13N5O4/c1-10-19-15(22-25-10)11-4-2-5-12(8-11)16(23)18-9-14-20-17(26-21-14)13-6-3-7-24-13/h2-8H,9H2,1H3,(H,18,23). The lowest BCUT2D eigenvalue weighted by atomic mass is 10.1. The van der Waals surface area contributed by atoms with Crippen molar-refractivity contribution in [3.05, 3.63) is 59.9 Å². The summed E-state index contributed by atoms with van der Waals surface area (Å²) in [5.41, 5.74) is 1.15. The number of nitrogens with zero attached hydrogens (tertiary/aromatic N) is 4. The zero-order chi connectivity index (χ0) is 17.9. The van der Waals surface area contributed by atoms with E-state index in [1.54, 1.807) is 43.3 Å². The van der Waals surface area contributed by atoms with E-state index < -0.39 is 0 Å². The first kappa shape index (κ1) is 15.8. The molecule has 9 heteroatoms. The van der Waals surface area contributed by atoms with Gasteiger partial charge in [0.2, 0.25) is 11.7 Å². The SMILES string of the molecule is Cc1nc(-c2cccc(C(=O)NCc3noc(-c4ccco4)n3)c2)no1. The van der Waals surface area contributed by atoms with E-state index >= 15 is 0 Å². The summed E-state index contributed by atoms with van der Waals surface area (Å²) in [6, 6.07) is 10.4. The molecule has 130 valence electrons. The lowest BCUT2D eigenvalue weighted by Crippen LogP contribution is -2.23. The van der Waals surface area contributed by atoms with Crippen LogP contribution < -0.4 is 5.32 Å². The van der Waals surface area contributed by atoms with Crippen LogP contribution in [0.5, 0.6) is 0 Å². The van der Waals surface area contributed by atoms with E-state index in [4.69, 9.17) is 13.5 Å². The first-order valence-corrected chi connectivity index (χ1v) is 7.74. The third kappa shape index (κ3) is 3.22. The number of rotatable bonds is 5. The fourth-order valence-electron chi connectivity index (χ4n) is 2.30. The van der Waals surface area contributed by atoms with Crippen LogP contribution in [0, 0.1) is 6.92 Å². The van der Waals surface area contributed by atoms with Gasteiger partial charge in [0.25, 0.3) is 11.8 Å². The summed E-state index contributed by atoms with van der Waals surface area (Å²) in [4.78, 5) is 20.7. The van der Waals surface area contributed by atoms with Crippen molar-refractivity contribution in [3.8, 4) is 23.0 Å². The molecule has 4 rings (SSSR count). The molecule has 4 aromatic rings. The topological polar surface area (TPSA) is 120 Å². The first-order valence-electron chi connectivity index (χ1n) is 7.74. The average molecular weight is 351 g/mol. The van der Waals surface area contributed by atoms with Crippen LogP contribution in [0.4, 0.5) is 0 Å². The molecule has 0 aliphatic carbocycles. The molecule has 9 nitrogen and oxygen atoms in total. The second-order valence-electron chi connectivity index (χ2n) is 5.39. The predicted octanol–water partition coefficient (Wildman–Crippen LogP) is 2.62. The summed E-state index contributed by atoms with van der Waals surface area (Å²) in [7, 11) is 0. The summed E-state index contributed by atoms with van der Waals surface area (Å²) in [5.74, 6) is 1.68. The Morgan fingerprint density at radius 3 is 2.81 bits per heavy atom. The highest BCUT2D eigenvalue weighted by Gasteiger charge is 2.14. The zero-order valence-corrected chi connectivity index (χ0v) is 13.7. The van der Waals surface area contributed by atoms with E-state index in [-0.39, 0.29) is 18.3 Å². The van der Waals surface area contributed by atoms with Gasteiger partial charge in [-0.15, -0.1) is 0 Å². The fraction of sp³-hybridized carbons (Fsp3) is 0.118. The highest BCUT2D eigenvalue weighted by Crippen LogP contribution is 2.18. The summed E-state index contributed by atoms with van der Waals surface area (Å²) in [6.07, 6.45) is 1.51. The highest BCUT2D eigenvalue weighted by molar-refractivity contribution is 5.95. The largest absolute Gasteiger partial charge is 0.459 e. The Bertz CT molecular complexity index is 1040. The molecule has 3 heterocycles. The maximum absolute atomic E-state index is 12.4. The molecular formula is C17H13N5O4. The number of benzene rings is 1. The average Bonchev–Trinajstić information content (AvgIpc) is 3.40. The van der Waals surface area contributed by atoms with Crippen molar-refractivity contribution in [2.45, 2.75) is 13.5 Å². The summed E-state index contributed by atoms with van der Waals surface area (Å²) in [6.45, 7) is 1.82. The van der Waals surface area contributed by atoms with Crippen molar-refractivity contribution in [2.75, 3.05) is 0 Å². The van der Waals surface area contributed by atoms with Gasteiger partial charge in [0.15, 0.2) is 11.6 Å². The van der Waals surface area contributed by atoms with Crippen LogP contribution in [0.3, 0.4) is 0 Å². The fourth-order valence-corrected chi connectivity index (χ4v) is 2.30. The van der Waals surface area contributed by atoms with Crippen molar-refractivity contribution < 1.29 is 18.3 Å². The van der Waals surface area contributed by atoms with Gasteiger partial charge in [-0.25, -0.2) is 0 Å². The molecular weight excluding hydrogens is 338 g/mol. The van der Waals surface area contributed by atoms with Gasteiger partial charge < -0.3 is 18.8 Å². The molecule has 0 aliphatic heterocycles. The number of aryl methyl sites for hydroxylation is 1. The Morgan fingerprint density at radius 2 is 2.04 bits per heavy atom.